The van der Waals surface area contributed by atoms with Gasteiger partial charge in [-0.3, -0.25) is 0 Å². The SMILES string of the molecule is Cc1ccccc1-c1cccc2[cH-]c(C(C)C)cc12.Cc1ccccc1-c1cccc2[cH-]c(C(C)C)cc12.[Zr+3].[c-]1cccc2c1[Si]c1ccccc1-2. The fourth-order valence-electron chi connectivity index (χ4n) is 7.13. The van der Waals surface area contributed by atoms with Crippen molar-refractivity contribution in [1.82, 2.24) is 0 Å². The average molecular weight is 765 g/mol. The maximum atomic E-state index is 3.31. The Bertz CT molecular complexity index is 2260. The van der Waals surface area contributed by atoms with E-state index in [4.69, 9.17) is 0 Å². The molecular weight excluding hydrogens is 720 g/mol. The Morgan fingerprint density at radius 1 is 0.481 bits per heavy atom. The predicted octanol–water partition coefficient (Wildman–Crippen LogP) is 12.4. The van der Waals surface area contributed by atoms with Gasteiger partial charge >= 0.3 is 26.2 Å². The molecule has 0 fully saturated rings. The molecule has 0 aliphatic carbocycles. The summed E-state index contributed by atoms with van der Waals surface area (Å²) in [4.78, 5) is 0. The molecule has 0 nitrogen and oxygen atoms in total. The van der Waals surface area contributed by atoms with Gasteiger partial charge < -0.3 is 0 Å². The Morgan fingerprint density at radius 3 is 1.42 bits per heavy atom. The Kier molecular flexibility index (Phi) is 11.9. The van der Waals surface area contributed by atoms with Gasteiger partial charge in [0, 0.05) is 0 Å². The number of fused-ring (bicyclic) bond motifs is 5. The van der Waals surface area contributed by atoms with Crippen LogP contribution in [0, 0.1) is 19.9 Å². The average Bonchev–Trinajstić information content (AvgIpc) is 3.88. The third kappa shape index (κ3) is 7.85. The van der Waals surface area contributed by atoms with Crippen molar-refractivity contribution in [1.29, 1.82) is 0 Å². The van der Waals surface area contributed by atoms with E-state index < -0.39 is 0 Å². The van der Waals surface area contributed by atoms with Crippen LogP contribution in [-0.2, 0) is 26.2 Å². The van der Waals surface area contributed by atoms with Gasteiger partial charge in [0.25, 0.3) is 0 Å². The number of rotatable bonds is 4. The number of hydrogen-bond acceptors (Lipinski definition) is 0. The summed E-state index contributed by atoms with van der Waals surface area (Å²) in [6, 6.07) is 57.9. The van der Waals surface area contributed by atoms with Crippen LogP contribution in [0.25, 0.3) is 54.9 Å². The van der Waals surface area contributed by atoms with E-state index in [0.29, 0.717) is 11.8 Å². The van der Waals surface area contributed by atoms with Gasteiger partial charge in [-0.2, -0.15) is 41.6 Å². The first kappa shape index (κ1) is 37.4. The molecule has 1 aliphatic rings. The first-order chi connectivity index (χ1) is 24.8. The van der Waals surface area contributed by atoms with Crippen LogP contribution in [0.1, 0.15) is 61.8 Å². The van der Waals surface area contributed by atoms with Gasteiger partial charge in [0.05, 0.1) is 9.52 Å². The van der Waals surface area contributed by atoms with Crippen molar-refractivity contribution in [2.24, 2.45) is 0 Å². The molecule has 9 rings (SSSR count). The molecule has 253 valence electrons. The van der Waals surface area contributed by atoms with Gasteiger partial charge in [-0.1, -0.05) is 135 Å². The van der Waals surface area contributed by atoms with Gasteiger partial charge in [-0.05, 0) is 47.9 Å². The fraction of sp³-hybridized carbons (Fsp3) is 0.160. The topological polar surface area (TPSA) is 0 Å². The molecule has 0 saturated heterocycles. The van der Waals surface area contributed by atoms with Gasteiger partial charge in [0.2, 0.25) is 0 Å². The van der Waals surface area contributed by atoms with E-state index in [1.54, 1.807) is 0 Å². The van der Waals surface area contributed by atoms with Crippen molar-refractivity contribution < 1.29 is 26.2 Å². The predicted molar refractivity (Wildman–Crippen MR) is 223 cm³/mol. The van der Waals surface area contributed by atoms with Gasteiger partial charge in [0.1, 0.15) is 0 Å². The van der Waals surface area contributed by atoms with Crippen LogP contribution in [0.2, 0.25) is 0 Å². The van der Waals surface area contributed by atoms with Crippen molar-refractivity contribution in [2.75, 3.05) is 0 Å². The molecule has 0 bridgehead atoms. The zero-order valence-corrected chi connectivity index (χ0v) is 34.5. The summed E-state index contributed by atoms with van der Waals surface area (Å²) < 4.78 is 0. The second-order valence-electron chi connectivity index (χ2n) is 14.3. The third-order valence-electron chi connectivity index (χ3n) is 10.1. The summed E-state index contributed by atoms with van der Waals surface area (Å²) in [5, 5.41) is 8.28. The molecule has 0 N–H and O–H groups in total. The van der Waals surface area contributed by atoms with E-state index in [-0.39, 0.29) is 26.2 Å². The van der Waals surface area contributed by atoms with E-state index in [2.05, 4.69) is 193 Å². The first-order valence-corrected chi connectivity index (χ1v) is 19.2. The van der Waals surface area contributed by atoms with Crippen molar-refractivity contribution in [2.45, 2.75) is 53.4 Å². The zero-order valence-electron chi connectivity index (χ0n) is 31.1. The Morgan fingerprint density at radius 2 is 0.923 bits per heavy atom. The molecular formula is C50H45SiZr. The third-order valence-corrected chi connectivity index (χ3v) is 11.5. The van der Waals surface area contributed by atoms with Gasteiger partial charge in [-0.15, -0.1) is 74.6 Å². The molecule has 1 aliphatic heterocycles. The Labute approximate surface area is 332 Å². The standard InChI is InChI=1S/2C19H19.C12H7Si.Zr/c2*1-13(2)16-11-15-8-6-10-18(19(15)12-16)17-9-5-4-7-14(17)3;1-3-7-11-9(5-1)10-6-2-4-8-12(10)13-11;/h2*4-13H,1-3H3;1-7H;/q3*-1;+3. The fourth-order valence-corrected chi connectivity index (χ4v) is 8.44. The van der Waals surface area contributed by atoms with Crippen LogP contribution in [0.5, 0.6) is 0 Å². The van der Waals surface area contributed by atoms with Crippen LogP contribution >= 0.6 is 0 Å². The van der Waals surface area contributed by atoms with Gasteiger partial charge in [0.15, 0.2) is 0 Å². The molecule has 1 heterocycles. The van der Waals surface area contributed by atoms with E-state index in [0.717, 1.165) is 9.52 Å². The summed E-state index contributed by atoms with van der Waals surface area (Å²) in [6.07, 6.45) is 0. The molecule has 52 heavy (non-hydrogen) atoms. The molecule has 0 atom stereocenters. The number of aryl methyl sites for hydroxylation is 2. The zero-order chi connectivity index (χ0) is 35.5. The molecule has 0 spiro atoms. The Hall–Kier alpha value is -4.36. The smallest absolute Gasteiger partial charge is 0.184 e. The maximum absolute atomic E-state index is 3.31. The summed E-state index contributed by atoms with van der Waals surface area (Å²) in [5.41, 5.74) is 13.7. The van der Waals surface area contributed by atoms with E-state index >= 15 is 0 Å². The normalized spacial score (nSPS) is 11.4. The minimum Gasteiger partial charge on any atom is -0.184 e. The van der Waals surface area contributed by atoms with E-state index in [9.17, 15) is 0 Å². The summed E-state index contributed by atoms with van der Waals surface area (Å²) in [6.45, 7) is 13.4. The van der Waals surface area contributed by atoms with Crippen LogP contribution in [0.4, 0.5) is 0 Å². The van der Waals surface area contributed by atoms with Crippen LogP contribution in [0.15, 0.2) is 152 Å². The summed E-state index contributed by atoms with van der Waals surface area (Å²) in [5.74, 6) is 1.16. The van der Waals surface area contributed by atoms with Crippen molar-refractivity contribution in [3.63, 3.8) is 0 Å². The van der Waals surface area contributed by atoms with E-state index in [1.165, 1.54) is 87.6 Å². The molecule has 0 aromatic heterocycles. The second-order valence-corrected chi connectivity index (χ2v) is 15.6. The van der Waals surface area contributed by atoms with Crippen LogP contribution in [-0.4, -0.2) is 9.52 Å². The molecule has 0 unspecified atom stereocenters. The minimum atomic E-state index is 0. The maximum Gasteiger partial charge on any atom is 3.00 e. The molecule has 8 aromatic carbocycles. The van der Waals surface area contributed by atoms with Crippen molar-refractivity contribution >= 4 is 41.4 Å². The minimum absolute atomic E-state index is 0. The number of hydrogen-bond donors (Lipinski definition) is 0. The van der Waals surface area contributed by atoms with E-state index in [1.807, 2.05) is 6.07 Å². The second kappa shape index (κ2) is 16.5. The molecule has 0 amide bonds. The quantitative estimate of drug-likeness (QED) is 0.124. The molecule has 0 saturated carbocycles. The van der Waals surface area contributed by atoms with Gasteiger partial charge in [-0.25, -0.2) is 0 Å². The molecule has 8 aromatic rings. The first-order valence-electron chi connectivity index (χ1n) is 18.2. The monoisotopic (exact) mass is 763 g/mol. The van der Waals surface area contributed by atoms with Crippen LogP contribution in [0.3, 0.4) is 0 Å². The Balaban J connectivity index is 0.000000135. The molecule has 3 radical (unpaired) electrons. The molecule has 2 heteroatoms. The summed E-state index contributed by atoms with van der Waals surface area (Å²) >= 11 is 0. The van der Waals surface area contributed by atoms with Crippen LogP contribution < -0.4 is 10.4 Å². The van der Waals surface area contributed by atoms with Crippen molar-refractivity contribution in [3.8, 4) is 33.4 Å². The van der Waals surface area contributed by atoms with Crippen molar-refractivity contribution in [3.05, 3.63) is 180 Å². The number of benzene rings is 6. The largest absolute Gasteiger partial charge is 3.00 e. The summed E-state index contributed by atoms with van der Waals surface area (Å²) in [7, 11) is 0.795.